The van der Waals surface area contributed by atoms with E-state index in [1.54, 1.807) is 18.9 Å². The number of anilines is 1. The lowest BCUT2D eigenvalue weighted by Crippen LogP contribution is -2.22. The SMILES string of the molecule is CC(=O)N(C)c1ccc(-c2ccc(Br)cc2)cc1. The first-order chi connectivity index (χ1) is 8.58. The van der Waals surface area contributed by atoms with Gasteiger partial charge in [-0.15, -0.1) is 0 Å². The van der Waals surface area contributed by atoms with Crippen LogP contribution in [0, 0.1) is 0 Å². The average molecular weight is 304 g/mol. The molecule has 0 unspecified atom stereocenters. The molecule has 18 heavy (non-hydrogen) atoms. The van der Waals surface area contributed by atoms with Crippen molar-refractivity contribution in [2.75, 3.05) is 11.9 Å². The Hall–Kier alpha value is -1.61. The zero-order valence-electron chi connectivity index (χ0n) is 10.4. The summed E-state index contributed by atoms with van der Waals surface area (Å²) < 4.78 is 1.07. The number of nitrogens with zero attached hydrogens (tertiary/aromatic N) is 1. The molecule has 0 bridgehead atoms. The number of halogens is 1. The Kier molecular flexibility index (Phi) is 3.82. The molecule has 0 saturated carbocycles. The summed E-state index contributed by atoms with van der Waals surface area (Å²) in [6.07, 6.45) is 0. The van der Waals surface area contributed by atoms with E-state index in [0.717, 1.165) is 21.3 Å². The molecule has 3 heteroatoms. The summed E-state index contributed by atoms with van der Waals surface area (Å²) in [6.45, 7) is 1.56. The van der Waals surface area contributed by atoms with Crippen molar-refractivity contribution in [2.24, 2.45) is 0 Å². The summed E-state index contributed by atoms with van der Waals surface area (Å²) in [4.78, 5) is 12.9. The van der Waals surface area contributed by atoms with Gasteiger partial charge in [0.1, 0.15) is 0 Å². The smallest absolute Gasteiger partial charge is 0.223 e. The molecule has 2 nitrogen and oxygen atoms in total. The van der Waals surface area contributed by atoms with Gasteiger partial charge >= 0.3 is 0 Å². The van der Waals surface area contributed by atoms with E-state index >= 15 is 0 Å². The summed E-state index contributed by atoms with van der Waals surface area (Å²) in [5.41, 5.74) is 3.21. The van der Waals surface area contributed by atoms with Gasteiger partial charge in [0.15, 0.2) is 0 Å². The van der Waals surface area contributed by atoms with Gasteiger partial charge in [-0.1, -0.05) is 40.2 Å². The highest BCUT2D eigenvalue weighted by molar-refractivity contribution is 9.10. The van der Waals surface area contributed by atoms with Crippen molar-refractivity contribution in [3.63, 3.8) is 0 Å². The number of amides is 1. The van der Waals surface area contributed by atoms with Crippen LogP contribution < -0.4 is 4.90 Å². The van der Waals surface area contributed by atoms with Gasteiger partial charge in [-0.25, -0.2) is 0 Å². The van der Waals surface area contributed by atoms with Crippen LogP contribution in [0.5, 0.6) is 0 Å². The molecule has 0 aromatic heterocycles. The Labute approximate surface area is 115 Å². The normalized spacial score (nSPS) is 10.2. The van der Waals surface area contributed by atoms with Crippen molar-refractivity contribution in [2.45, 2.75) is 6.92 Å². The Morgan fingerprint density at radius 2 is 1.39 bits per heavy atom. The van der Waals surface area contributed by atoms with Crippen molar-refractivity contribution in [3.8, 4) is 11.1 Å². The monoisotopic (exact) mass is 303 g/mol. The number of carbonyl (C=O) groups excluding carboxylic acids is 1. The van der Waals surface area contributed by atoms with Crippen LogP contribution in [-0.2, 0) is 4.79 Å². The second kappa shape index (κ2) is 5.36. The lowest BCUT2D eigenvalue weighted by molar-refractivity contribution is -0.116. The van der Waals surface area contributed by atoms with Crippen LogP contribution in [0.25, 0.3) is 11.1 Å². The van der Waals surface area contributed by atoms with Crippen molar-refractivity contribution >= 4 is 27.5 Å². The van der Waals surface area contributed by atoms with Crippen LogP contribution in [0.4, 0.5) is 5.69 Å². The quantitative estimate of drug-likeness (QED) is 0.818. The lowest BCUT2D eigenvalue weighted by Gasteiger charge is -2.15. The molecule has 2 aromatic rings. The van der Waals surface area contributed by atoms with E-state index in [9.17, 15) is 4.79 Å². The Morgan fingerprint density at radius 1 is 0.944 bits per heavy atom. The van der Waals surface area contributed by atoms with Gasteiger partial charge < -0.3 is 4.90 Å². The topological polar surface area (TPSA) is 20.3 Å². The van der Waals surface area contributed by atoms with Crippen LogP contribution in [0.1, 0.15) is 6.92 Å². The van der Waals surface area contributed by atoms with Gasteiger partial charge in [0.05, 0.1) is 0 Å². The summed E-state index contributed by atoms with van der Waals surface area (Å²) in [5.74, 6) is 0.0337. The molecule has 0 spiro atoms. The van der Waals surface area contributed by atoms with E-state index in [0.29, 0.717) is 0 Å². The van der Waals surface area contributed by atoms with Crippen LogP contribution >= 0.6 is 15.9 Å². The molecular formula is C15H14BrNO. The molecule has 0 N–H and O–H groups in total. The highest BCUT2D eigenvalue weighted by Crippen LogP contribution is 2.24. The predicted octanol–water partition coefficient (Wildman–Crippen LogP) is 4.10. The molecule has 2 aromatic carbocycles. The molecular weight excluding hydrogens is 290 g/mol. The molecule has 0 atom stereocenters. The minimum Gasteiger partial charge on any atom is -0.316 e. The maximum atomic E-state index is 11.3. The van der Waals surface area contributed by atoms with Crippen molar-refractivity contribution in [1.29, 1.82) is 0 Å². The average Bonchev–Trinajstić information content (AvgIpc) is 2.39. The number of rotatable bonds is 2. The van der Waals surface area contributed by atoms with E-state index in [-0.39, 0.29) is 5.91 Å². The van der Waals surface area contributed by atoms with Gasteiger partial charge in [-0.3, -0.25) is 4.79 Å². The first-order valence-electron chi connectivity index (χ1n) is 5.68. The predicted molar refractivity (Wildman–Crippen MR) is 78.7 cm³/mol. The molecule has 0 aliphatic rings. The first kappa shape index (κ1) is 12.8. The fourth-order valence-corrected chi connectivity index (χ4v) is 1.97. The fraction of sp³-hybridized carbons (Fsp3) is 0.133. The summed E-state index contributed by atoms with van der Waals surface area (Å²) in [6, 6.07) is 16.1. The Balaban J connectivity index is 2.27. The van der Waals surface area contributed by atoms with Gasteiger partial charge in [0.25, 0.3) is 0 Å². The van der Waals surface area contributed by atoms with E-state index in [2.05, 4.69) is 28.1 Å². The zero-order valence-corrected chi connectivity index (χ0v) is 11.9. The maximum absolute atomic E-state index is 11.3. The number of hydrogen-bond donors (Lipinski definition) is 0. The van der Waals surface area contributed by atoms with Gasteiger partial charge in [-0.2, -0.15) is 0 Å². The molecule has 92 valence electrons. The third kappa shape index (κ3) is 2.79. The van der Waals surface area contributed by atoms with E-state index in [1.807, 2.05) is 36.4 Å². The Bertz CT molecular complexity index is 546. The van der Waals surface area contributed by atoms with Crippen LogP contribution in [0.3, 0.4) is 0 Å². The maximum Gasteiger partial charge on any atom is 0.223 e. The second-order valence-electron chi connectivity index (χ2n) is 4.13. The lowest BCUT2D eigenvalue weighted by atomic mass is 10.1. The standard InChI is InChI=1S/C15H14BrNO/c1-11(18)17(2)15-9-5-13(6-10-15)12-3-7-14(16)8-4-12/h3-10H,1-2H3. The van der Waals surface area contributed by atoms with Crippen molar-refractivity contribution in [3.05, 3.63) is 53.0 Å². The molecule has 0 radical (unpaired) electrons. The highest BCUT2D eigenvalue weighted by Gasteiger charge is 2.05. The molecule has 0 saturated heterocycles. The van der Waals surface area contributed by atoms with Gasteiger partial charge in [-0.05, 0) is 35.4 Å². The minimum absolute atomic E-state index is 0.0337. The molecule has 1 amide bonds. The zero-order chi connectivity index (χ0) is 13.1. The van der Waals surface area contributed by atoms with E-state index in [4.69, 9.17) is 0 Å². The summed E-state index contributed by atoms with van der Waals surface area (Å²) in [5, 5.41) is 0. The third-order valence-electron chi connectivity index (χ3n) is 2.90. The van der Waals surface area contributed by atoms with Gasteiger partial charge in [0.2, 0.25) is 5.91 Å². The molecule has 0 fully saturated rings. The van der Waals surface area contributed by atoms with Crippen molar-refractivity contribution in [1.82, 2.24) is 0 Å². The summed E-state index contributed by atoms with van der Waals surface area (Å²) in [7, 11) is 1.77. The molecule has 0 aliphatic carbocycles. The molecule has 0 aliphatic heterocycles. The fourth-order valence-electron chi connectivity index (χ4n) is 1.70. The number of hydrogen-bond acceptors (Lipinski definition) is 1. The van der Waals surface area contributed by atoms with E-state index < -0.39 is 0 Å². The van der Waals surface area contributed by atoms with Crippen LogP contribution in [0.2, 0.25) is 0 Å². The van der Waals surface area contributed by atoms with Crippen LogP contribution in [0.15, 0.2) is 53.0 Å². The minimum atomic E-state index is 0.0337. The van der Waals surface area contributed by atoms with E-state index in [1.165, 1.54) is 0 Å². The highest BCUT2D eigenvalue weighted by atomic mass is 79.9. The molecule has 0 heterocycles. The summed E-state index contributed by atoms with van der Waals surface area (Å²) >= 11 is 3.42. The largest absolute Gasteiger partial charge is 0.316 e. The number of benzene rings is 2. The van der Waals surface area contributed by atoms with Gasteiger partial charge in [0, 0.05) is 24.1 Å². The van der Waals surface area contributed by atoms with Crippen molar-refractivity contribution < 1.29 is 4.79 Å². The first-order valence-corrected chi connectivity index (χ1v) is 6.47. The Morgan fingerprint density at radius 3 is 1.83 bits per heavy atom. The third-order valence-corrected chi connectivity index (χ3v) is 3.43. The van der Waals surface area contributed by atoms with Crippen LogP contribution in [-0.4, -0.2) is 13.0 Å². The molecule has 2 rings (SSSR count). The number of carbonyl (C=O) groups is 1. The second-order valence-corrected chi connectivity index (χ2v) is 5.05.